The highest BCUT2D eigenvalue weighted by molar-refractivity contribution is 6.03. The van der Waals surface area contributed by atoms with Gasteiger partial charge in [-0.2, -0.15) is 10.0 Å². The van der Waals surface area contributed by atoms with Crippen molar-refractivity contribution in [1.29, 1.82) is 21.6 Å². The Bertz CT molecular complexity index is 232. The van der Waals surface area contributed by atoms with Crippen molar-refractivity contribution in [3.8, 4) is 0 Å². The molecule has 0 aliphatic carbocycles. The van der Waals surface area contributed by atoms with Gasteiger partial charge in [-0.3, -0.25) is 21.6 Å². The summed E-state index contributed by atoms with van der Waals surface area (Å²) in [5.41, 5.74) is 20.2. The summed E-state index contributed by atoms with van der Waals surface area (Å²) in [6, 6.07) is 0. The molecule has 78 valence electrons. The van der Waals surface area contributed by atoms with Gasteiger partial charge in [-0.25, -0.2) is 0 Å². The molecule has 0 saturated carbocycles. The number of hydrogen-bond acceptors (Lipinski definition) is 4. The van der Waals surface area contributed by atoms with Crippen molar-refractivity contribution in [2.24, 2.45) is 22.9 Å². The van der Waals surface area contributed by atoms with Crippen molar-refractivity contribution in [3.63, 3.8) is 0 Å². The van der Waals surface area contributed by atoms with E-state index in [1.54, 1.807) is 0 Å². The van der Waals surface area contributed by atoms with Gasteiger partial charge >= 0.3 is 0 Å². The van der Waals surface area contributed by atoms with Crippen LogP contribution >= 0.6 is 0 Å². The fraction of sp³-hybridized carbons (Fsp3) is 0. The molecule has 0 unspecified atom stereocenters. The van der Waals surface area contributed by atoms with E-state index in [9.17, 15) is 0 Å². The minimum atomic E-state index is -0.678. The lowest BCUT2D eigenvalue weighted by atomic mass is 10.7. The van der Waals surface area contributed by atoms with E-state index >= 15 is 0 Å². The third-order valence-electron chi connectivity index (χ3n) is 1.11. The smallest absolute Gasteiger partial charge is 0.215 e. The molecule has 12 N–H and O–H groups in total. The number of guanidine groups is 4. The Morgan fingerprint density at radius 3 is 0.786 bits per heavy atom. The van der Waals surface area contributed by atoms with E-state index in [2.05, 4.69) is 0 Å². The highest BCUT2D eigenvalue weighted by Crippen LogP contribution is 1.94. The monoisotopic (exact) mass is 200 g/mol. The summed E-state index contributed by atoms with van der Waals surface area (Å²) < 4.78 is 0. The highest BCUT2D eigenvalue weighted by Gasteiger charge is 2.23. The molecule has 0 saturated heterocycles. The van der Waals surface area contributed by atoms with Crippen molar-refractivity contribution in [2.45, 2.75) is 0 Å². The minimum absolute atomic E-state index is 0.505. The van der Waals surface area contributed by atoms with Gasteiger partial charge in [0.05, 0.1) is 0 Å². The van der Waals surface area contributed by atoms with Crippen LogP contribution in [0.1, 0.15) is 0 Å². The van der Waals surface area contributed by atoms with Gasteiger partial charge in [0.2, 0.25) is 23.8 Å². The van der Waals surface area contributed by atoms with E-state index in [0.717, 1.165) is 0 Å². The molecule has 0 atom stereocenters. The lowest BCUT2D eigenvalue weighted by Gasteiger charge is -2.31. The van der Waals surface area contributed by atoms with Crippen LogP contribution in [0.5, 0.6) is 0 Å². The van der Waals surface area contributed by atoms with Crippen molar-refractivity contribution in [1.82, 2.24) is 10.0 Å². The Morgan fingerprint density at radius 2 is 0.714 bits per heavy atom. The summed E-state index contributed by atoms with van der Waals surface area (Å²) in [6.45, 7) is 0. The summed E-state index contributed by atoms with van der Waals surface area (Å²) >= 11 is 0. The Balaban J connectivity index is 5.13. The van der Waals surface area contributed by atoms with Crippen LogP contribution < -0.4 is 22.9 Å². The summed E-state index contributed by atoms with van der Waals surface area (Å²) in [4.78, 5) is 0. The molecule has 0 aliphatic heterocycles. The molecule has 10 heteroatoms. The zero-order chi connectivity index (χ0) is 11.5. The van der Waals surface area contributed by atoms with E-state index in [1.807, 2.05) is 0 Å². The average Bonchev–Trinajstić information content (AvgIpc) is 1.96. The van der Waals surface area contributed by atoms with E-state index in [-0.39, 0.29) is 0 Å². The molecule has 0 radical (unpaired) electrons. The summed E-state index contributed by atoms with van der Waals surface area (Å²) in [6.07, 6.45) is 0. The minimum Gasteiger partial charge on any atom is -0.368 e. The van der Waals surface area contributed by atoms with Crippen LogP contribution in [0.4, 0.5) is 0 Å². The predicted molar refractivity (Wildman–Crippen MR) is 51.3 cm³/mol. The number of nitrogens with two attached hydrogens (primary N) is 4. The molecule has 0 aromatic rings. The first kappa shape index (κ1) is 11.5. The van der Waals surface area contributed by atoms with Crippen LogP contribution in [0, 0.1) is 21.6 Å². The fourth-order valence-corrected chi connectivity index (χ4v) is 0.690. The van der Waals surface area contributed by atoms with Crippen LogP contribution in [0.15, 0.2) is 0 Å². The van der Waals surface area contributed by atoms with E-state index in [4.69, 9.17) is 44.6 Å². The van der Waals surface area contributed by atoms with E-state index < -0.39 is 23.8 Å². The Hall–Kier alpha value is -2.52. The van der Waals surface area contributed by atoms with Crippen molar-refractivity contribution in [3.05, 3.63) is 0 Å². The number of rotatable bonds is 0. The summed E-state index contributed by atoms with van der Waals surface area (Å²) in [5.74, 6) is -2.71. The SMILES string of the molecule is N=C(N)N(C(=N)N)N(C(=N)N)C(=N)N. The van der Waals surface area contributed by atoms with Crippen molar-refractivity contribution >= 4 is 23.8 Å². The highest BCUT2D eigenvalue weighted by atomic mass is 15.7. The van der Waals surface area contributed by atoms with Crippen LogP contribution in [0.25, 0.3) is 0 Å². The third kappa shape index (κ3) is 2.23. The number of nitrogens with one attached hydrogen (secondary N) is 4. The van der Waals surface area contributed by atoms with Gasteiger partial charge in [0, 0.05) is 0 Å². The second-order valence-corrected chi connectivity index (χ2v) is 2.16. The first-order valence-electron chi connectivity index (χ1n) is 3.25. The largest absolute Gasteiger partial charge is 0.368 e. The zero-order valence-electron chi connectivity index (χ0n) is 7.20. The first-order chi connectivity index (χ1) is 6.29. The van der Waals surface area contributed by atoms with Crippen LogP contribution in [-0.2, 0) is 0 Å². The molecule has 0 heterocycles. The first-order valence-corrected chi connectivity index (χ1v) is 3.25. The molecule has 0 amide bonds. The maximum atomic E-state index is 7.04. The van der Waals surface area contributed by atoms with E-state index in [0.29, 0.717) is 10.0 Å². The second kappa shape index (κ2) is 3.93. The standard InChI is InChI=1S/C4H12N10/c5-1(6)13(2(7)8)14(3(9)10)4(11)12/h(H3,5,6)(H3,7,8)(H3,9,10)(H3,11,12). The topological polar surface area (TPSA) is 206 Å². The van der Waals surface area contributed by atoms with Gasteiger partial charge in [0.15, 0.2) is 0 Å². The van der Waals surface area contributed by atoms with Crippen molar-refractivity contribution < 1.29 is 0 Å². The molecule has 0 aromatic heterocycles. The van der Waals surface area contributed by atoms with Gasteiger partial charge in [-0.15, -0.1) is 0 Å². The van der Waals surface area contributed by atoms with Crippen LogP contribution in [0.2, 0.25) is 0 Å². The van der Waals surface area contributed by atoms with Gasteiger partial charge in [-0.1, -0.05) is 0 Å². The number of hydrazine groups is 1. The van der Waals surface area contributed by atoms with Gasteiger partial charge in [-0.05, 0) is 0 Å². The number of nitrogens with zero attached hydrogens (tertiary/aromatic N) is 2. The molecule has 0 fully saturated rings. The lowest BCUT2D eigenvalue weighted by Crippen LogP contribution is -2.62. The maximum Gasteiger partial charge on any atom is 0.215 e. The molecular formula is C4H12N10. The molecule has 14 heavy (non-hydrogen) atoms. The predicted octanol–water partition coefficient (Wildman–Crippen LogP) is -2.92. The van der Waals surface area contributed by atoms with Crippen LogP contribution in [-0.4, -0.2) is 33.9 Å². The summed E-state index contributed by atoms with van der Waals surface area (Å²) in [7, 11) is 0. The molecule has 0 rings (SSSR count). The Morgan fingerprint density at radius 1 is 0.571 bits per heavy atom. The third-order valence-corrected chi connectivity index (χ3v) is 1.11. The van der Waals surface area contributed by atoms with Gasteiger partial charge in [0.25, 0.3) is 0 Å². The number of hydrogen-bond donors (Lipinski definition) is 8. The van der Waals surface area contributed by atoms with Crippen molar-refractivity contribution in [2.75, 3.05) is 0 Å². The van der Waals surface area contributed by atoms with Gasteiger partial charge < -0.3 is 22.9 Å². The molecule has 0 spiro atoms. The second-order valence-electron chi connectivity index (χ2n) is 2.16. The zero-order valence-corrected chi connectivity index (χ0v) is 7.20. The average molecular weight is 200 g/mol. The Kier molecular flexibility index (Phi) is 3.22. The van der Waals surface area contributed by atoms with Crippen LogP contribution in [0.3, 0.4) is 0 Å². The molecular weight excluding hydrogens is 188 g/mol. The molecule has 0 bridgehead atoms. The maximum absolute atomic E-state index is 7.04. The lowest BCUT2D eigenvalue weighted by molar-refractivity contribution is 0.318. The quantitative estimate of drug-likeness (QED) is 0.116. The molecule has 0 aliphatic rings. The normalized spacial score (nSPS) is 8.86. The Labute approximate surface area is 79.4 Å². The van der Waals surface area contributed by atoms with Gasteiger partial charge in [0.1, 0.15) is 0 Å². The molecule has 10 nitrogen and oxygen atoms in total. The van der Waals surface area contributed by atoms with E-state index in [1.165, 1.54) is 0 Å². The summed E-state index contributed by atoms with van der Waals surface area (Å²) in [5, 5.41) is 29.2. The fourth-order valence-electron chi connectivity index (χ4n) is 0.690. The molecule has 0 aromatic carbocycles.